The number of carbonyl (C=O) groups excluding carboxylic acids is 1. The lowest BCUT2D eigenvalue weighted by Gasteiger charge is -2.37. The van der Waals surface area contributed by atoms with Crippen molar-refractivity contribution in [1.29, 1.82) is 0 Å². The fourth-order valence-corrected chi connectivity index (χ4v) is 5.00. The van der Waals surface area contributed by atoms with E-state index in [1.165, 1.54) is 18.6 Å². The molecule has 4 heterocycles. The Morgan fingerprint density at radius 1 is 1.32 bits per heavy atom. The smallest absolute Gasteiger partial charge is 0.449 e. The predicted molar refractivity (Wildman–Crippen MR) is 126 cm³/mol. The third-order valence-electron chi connectivity index (χ3n) is 5.30. The normalized spacial score (nSPS) is 18.1. The van der Waals surface area contributed by atoms with Gasteiger partial charge in [0, 0.05) is 38.3 Å². The van der Waals surface area contributed by atoms with E-state index < -0.39 is 6.16 Å². The van der Waals surface area contributed by atoms with Gasteiger partial charge in [0.05, 0.1) is 28.4 Å². The highest BCUT2D eigenvalue weighted by molar-refractivity contribution is 7.18. The van der Waals surface area contributed by atoms with Crippen molar-refractivity contribution >= 4 is 51.7 Å². The molecule has 0 saturated carbocycles. The maximum Gasteiger partial charge on any atom is 0.512 e. The fraction of sp³-hybridized carbons (Fsp3) is 0.350. The van der Waals surface area contributed by atoms with Crippen molar-refractivity contribution in [1.82, 2.24) is 25.3 Å². The Morgan fingerprint density at radius 2 is 2.12 bits per heavy atom. The summed E-state index contributed by atoms with van der Waals surface area (Å²) in [5.41, 5.74) is 1.49. The number of methoxy groups -OCH3 is 1. The lowest BCUT2D eigenvalue weighted by molar-refractivity contribution is 0.0540. The van der Waals surface area contributed by atoms with Crippen LogP contribution in [0.2, 0.25) is 10.0 Å². The topological polar surface area (TPSA) is 143 Å². The molecular formula is C20H20Cl2N6O5S. The number of aryl methyl sites for hydroxylation is 1. The molecule has 3 aromatic heterocycles. The summed E-state index contributed by atoms with van der Waals surface area (Å²) in [5, 5.41) is 13.2. The summed E-state index contributed by atoms with van der Waals surface area (Å²) >= 11 is 13.3. The first kappa shape index (κ1) is 24.2. The molecule has 0 radical (unpaired) electrons. The zero-order valence-electron chi connectivity index (χ0n) is 18.0. The van der Waals surface area contributed by atoms with E-state index >= 15 is 0 Å². The van der Waals surface area contributed by atoms with Crippen LogP contribution >= 0.6 is 34.5 Å². The van der Waals surface area contributed by atoms with Gasteiger partial charge in [-0.15, -0.1) is 0 Å². The SMILES string of the molecule is CO[C@H]1CN(c2nc(-c3cnccn3)c(OC(=O)O)s2)CC[C@H]1NC(=O)c1[nH]c(C)c(Cl)c1Cl. The number of carbonyl (C=O) groups is 2. The number of carboxylic acid groups (broad SMARTS) is 1. The molecule has 11 nitrogen and oxygen atoms in total. The van der Waals surface area contributed by atoms with Crippen LogP contribution in [-0.2, 0) is 4.74 Å². The Labute approximate surface area is 208 Å². The van der Waals surface area contributed by atoms with Gasteiger partial charge in [-0.25, -0.2) is 9.78 Å². The van der Waals surface area contributed by atoms with Gasteiger partial charge >= 0.3 is 6.16 Å². The quantitative estimate of drug-likeness (QED) is 0.410. The lowest BCUT2D eigenvalue weighted by atomic mass is 10.0. The molecule has 34 heavy (non-hydrogen) atoms. The van der Waals surface area contributed by atoms with E-state index in [9.17, 15) is 9.59 Å². The summed E-state index contributed by atoms with van der Waals surface area (Å²) < 4.78 is 10.6. The second-order valence-corrected chi connectivity index (χ2v) is 9.13. The number of rotatable bonds is 6. The maximum absolute atomic E-state index is 12.8. The molecule has 1 aliphatic heterocycles. The third-order valence-corrected chi connectivity index (χ3v) is 7.24. The molecule has 0 aromatic carbocycles. The highest BCUT2D eigenvalue weighted by atomic mass is 35.5. The van der Waals surface area contributed by atoms with Crippen molar-refractivity contribution in [3.8, 4) is 16.5 Å². The van der Waals surface area contributed by atoms with Crippen LogP contribution < -0.4 is 15.0 Å². The Kier molecular flexibility index (Phi) is 7.22. The second kappa shape index (κ2) is 10.1. The number of thiazole rings is 1. The first-order valence-electron chi connectivity index (χ1n) is 10.1. The van der Waals surface area contributed by atoms with Crippen LogP contribution in [0.1, 0.15) is 22.6 Å². The van der Waals surface area contributed by atoms with Crippen molar-refractivity contribution < 1.29 is 24.2 Å². The predicted octanol–water partition coefficient (Wildman–Crippen LogP) is 3.62. The van der Waals surface area contributed by atoms with Crippen LogP contribution in [0.5, 0.6) is 5.06 Å². The minimum Gasteiger partial charge on any atom is -0.449 e. The zero-order valence-corrected chi connectivity index (χ0v) is 20.4. The molecule has 1 fully saturated rings. The first-order valence-corrected chi connectivity index (χ1v) is 11.7. The number of hydrogen-bond donors (Lipinski definition) is 3. The maximum atomic E-state index is 12.8. The van der Waals surface area contributed by atoms with E-state index in [-0.39, 0.29) is 39.5 Å². The summed E-state index contributed by atoms with van der Waals surface area (Å²) in [6, 6.07) is -0.290. The molecule has 14 heteroatoms. The number of piperidine rings is 1. The van der Waals surface area contributed by atoms with Gasteiger partial charge in [0.2, 0.25) is 5.06 Å². The van der Waals surface area contributed by atoms with E-state index in [0.29, 0.717) is 41.1 Å². The number of halogens is 2. The van der Waals surface area contributed by atoms with Crippen molar-refractivity contribution in [2.75, 3.05) is 25.1 Å². The molecule has 0 unspecified atom stereocenters. The largest absolute Gasteiger partial charge is 0.512 e. The van der Waals surface area contributed by atoms with Gasteiger partial charge in [-0.1, -0.05) is 34.5 Å². The number of ether oxygens (including phenoxy) is 2. The fourth-order valence-electron chi connectivity index (χ4n) is 3.63. The molecule has 0 aliphatic carbocycles. The monoisotopic (exact) mass is 526 g/mol. The molecule has 0 bridgehead atoms. The van der Waals surface area contributed by atoms with E-state index in [4.69, 9.17) is 37.8 Å². The number of amides is 1. The van der Waals surface area contributed by atoms with Crippen LogP contribution in [0.25, 0.3) is 11.4 Å². The number of aromatic amines is 1. The van der Waals surface area contributed by atoms with Gasteiger partial charge in [-0.3, -0.25) is 14.8 Å². The second-order valence-electron chi connectivity index (χ2n) is 7.43. The Bertz CT molecular complexity index is 1200. The summed E-state index contributed by atoms with van der Waals surface area (Å²) in [5.74, 6) is -0.378. The van der Waals surface area contributed by atoms with Crippen LogP contribution in [0, 0.1) is 6.92 Å². The van der Waals surface area contributed by atoms with Crippen molar-refractivity contribution in [2.45, 2.75) is 25.5 Å². The van der Waals surface area contributed by atoms with Crippen molar-refractivity contribution in [2.24, 2.45) is 0 Å². The molecule has 4 rings (SSSR count). The van der Waals surface area contributed by atoms with Gasteiger partial charge in [0.25, 0.3) is 5.91 Å². The first-order chi connectivity index (χ1) is 16.3. The summed E-state index contributed by atoms with van der Waals surface area (Å²) in [7, 11) is 1.56. The molecule has 3 N–H and O–H groups in total. The zero-order chi connectivity index (χ0) is 24.4. The van der Waals surface area contributed by atoms with Crippen LogP contribution in [-0.4, -0.2) is 69.5 Å². The van der Waals surface area contributed by atoms with Gasteiger partial charge < -0.3 is 29.8 Å². The Balaban J connectivity index is 1.51. The van der Waals surface area contributed by atoms with Gasteiger partial charge in [0.1, 0.15) is 17.1 Å². The Hall–Kier alpha value is -2.93. The average Bonchev–Trinajstić information content (AvgIpc) is 3.35. The number of anilines is 1. The van der Waals surface area contributed by atoms with Gasteiger partial charge in [0.15, 0.2) is 5.13 Å². The van der Waals surface area contributed by atoms with Gasteiger partial charge in [-0.05, 0) is 13.3 Å². The summed E-state index contributed by atoms with van der Waals surface area (Å²) in [6.45, 7) is 2.66. The van der Waals surface area contributed by atoms with Crippen LogP contribution in [0.15, 0.2) is 18.6 Å². The third kappa shape index (κ3) is 4.94. The van der Waals surface area contributed by atoms with E-state index in [0.717, 1.165) is 11.3 Å². The van der Waals surface area contributed by atoms with E-state index in [2.05, 4.69) is 25.3 Å². The van der Waals surface area contributed by atoms with Crippen molar-refractivity contribution in [3.05, 3.63) is 40.0 Å². The molecule has 180 valence electrons. The molecule has 0 spiro atoms. The standard InChI is InChI=1S/C20H20Cl2N6O5S/c1-9-13(21)14(22)16(25-9)17(29)26-10-3-6-28(8-12(10)32-2)19-27-15(11-7-23-4-5-24-11)18(34-19)33-20(30)31/h4-5,7,10,12,25H,3,6,8H2,1-2H3,(H,26,29)(H,30,31)/t10-,12+/m1/s1. The minimum atomic E-state index is -1.45. The number of aromatic nitrogens is 4. The highest BCUT2D eigenvalue weighted by Gasteiger charge is 2.34. The summed E-state index contributed by atoms with van der Waals surface area (Å²) in [6.07, 6.45) is 3.20. The highest BCUT2D eigenvalue weighted by Crippen LogP contribution is 2.39. The number of nitrogens with zero attached hydrogens (tertiary/aromatic N) is 4. The molecule has 1 aliphatic rings. The Morgan fingerprint density at radius 3 is 2.74 bits per heavy atom. The molecule has 1 saturated heterocycles. The van der Waals surface area contributed by atoms with Gasteiger partial charge in [-0.2, -0.15) is 0 Å². The number of hydrogen-bond acceptors (Lipinski definition) is 9. The number of nitrogens with one attached hydrogen (secondary N) is 2. The summed E-state index contributed by atoms with van der Waals surface area (Å²) in [4.78, 5) is 41.5. The number of H-pyrrole nitrogens is 1. The van der Waals surface area contributed by atoms with Crippen LogP contribution in [0.3, 0.4) is 0 Å². The van der Waals surface area contributed by atoms with E-state index in [1.54, 1.807) is 14.0 Å². The molecule has 1 amide bonds. The molecule has 2 atom stereocenters. The van der Waals surface area contributed by atoms with E-state index in [1.807, 2.05) is 4.90 Å². The molecular weight excluding hydrogens is 507 g/mol. The lowest BCUT2D eigenvalue weighted by Crippen LogP contribution is -2.55. The van der Waals surface area contributed by atoms with Crippen LogP contribution in [0.4, 0.5) is 9.93 Å². The minimum absolute atomic E-state index is 0.0982. The molecule has 3 aromatic rings. The van der Waals surface area contributed by atoms with Crippen molar-refractivity contribution in [3.63, 3.8) is 0 Å². The average molecular weight is 527 g/mol.